The Morgan fingerprint density at radius 2 is 1.75 bits per heavy atom. The first-order chi connectivity index (χ1) is 9.04. The van der Waals surface area contributed by atoms with Gasteiger partial charge in [0.2, 0.25) is 0 Å². The highest BCUT2D eigenvalue weighted by Crippen LogP contribution is 2.38. The summed E-state index contributed by atoms with van der Waals surface area (Å²) in [5.41, 5.74) is 0.678. The molecule has 1 atom stereocenters. The molecule has 114 valence electrons. The lowest BCUT2D eigenvalue weighted by molar-refractivity contribution is -0.139. The number of nitrogens with one attached hydrogen (secondary N) is 1. The van der Waals surface area contributed by atoms with E-state index in [4.69, 9.17) is 5.84 Å². The maximum atomic E-state index is 12.9. The van der Waals surface area contributed by atoms with Gasteiger partial charge < -0.3 is 0 Å². The molecule has 0 aliphatic rings. The second-order valence-electron chi connectivity index (χ2n) is 4.10. The largest absolute Gasteiger partial charge is 0.416 e. The Bertz CT molecular complexity index is 457. The SMILES string of the molecule is NNC(CCC(F)(F)F)c1ccc(Br)cc1C(F)(F)F. The van der Waals surface area contributed by atoms with Crippen molar-refractivity contribution in [1.82, 2.24) is 5.43 Å². The Morgan fingerprint density at radius 3 is 2.20 bits per heavy atom. The Hall–Kier alpha value is -0.800. The Kier molecular flexibility index (Phi) is 5.45. The van der Waals surface area contributed by atoms with Crippen molar-refractivity contribution < 1.29 is 26.3 Å². The standard InChI is InChI=1S/C11H11BrF6N2/c12-6-1-2-7(8(5-6)11(16,17)18)9(20-19)3-4-10(13,14)15/h1-2,5,9,20H,3-4,19H2. The monoisotopic (exact) mass is 364 g/mol. The number of hydrogen-bond donors (Lipinski definition) is 2. The molecule has 0 aliphatic carbocycles. The normalized spacial score (nSPS) is 14.4. The summed E-state index contributed by atoms with van der Waals surface area (Å²) < 4.78 is 75.3. The summed E-state index contributed by atoms with van der Waals surface area (Å²) in [4.78, 5) is 0. The van der Waals surface area contributed by atoms with Crippen LogP contribution in [-0.2, 0) is 6.18 Å². The molecular formula is C11H11BrF6N2. The zero-order valence-electron chi connectivity index (χ0n) is 9.95. The summed E-state index contributed by atoms with van der Waals surface area (Å²) in [6.45, 7) is 0. The van der Waals surface area contributed by atoms with Gasteiger partial charge in [-0.15, -0.1) is 0 Å². The molecule has 0 radical (unpaired) electrons. The molecule has 0 fully saturated rings. The minimum absolute atomic E-state index is 0.181. The molecule has 1 aromatic rings. The van der Waals surface area contributed by atoms with Crippen LogP contribution in [0.3, 0.4) is 0 Å². The molecule has 20 heavy (non-hydrogen) atoms. The van der Waals surface area contributed by atoms with Crippen molar-refractivity contribution in [3.05, 3.63) is 33.8 Å². The van der Waals surface area contributed by atoms with E-state index in [1.54, 1.807) is 0 Å². The van der Waals surface area contributed by atoms with Gasteiger partial charge in [0.15, 0.2) is 0 Å². The average Bonchev–Trinajstić information content (AvgIpc) is 2.28. The molecule has 0 saturated heterocycles. The number of alkyl halides is 6. The van der Waals surface area contributed by atoms with E-state index in [1.165, 1.54) is 6.07 Å². The fourth-order valence-electron chi connectivity index (χ4n) is 1.71. The van der Waals surface area contributed by atoms with Crippen molar-refractivity contribution in [1.29, 1.82) is 0 Å². The van der Waals surface area contributed by atoms with Crippen molar-refractivity contribution in [2.75, 3.05) is 0 Å². The van der Waals surface area contributed by atoms with Crippen LogP contribution >= 0.6 is 15.9 Å². The molecule has 1 unspecified atom stereocenters. The van der Waals surface area contributed by atoms with Crippen LogP contribution in [0.5, 0.6) is 0 Å². The lowest BCUT2D eigenvalue weighted by Crippen LogP contribution is -2.31. The minimum Gasteiger partial charge on any atom is -0.271 e. The lowest BCUT2D eigenvalue weighted by Gasteiger charge is -2.22. The first kappa shape index (κ1) is 17.3. The van der Waals surface area contributed by atoms with Gasteiger partial charge >= 0.3 is 12.4 Å². The van der Waals surface area contributed by atoms with E-state index in [0.717, 1.165) is 12.1 Å². The highest BCUT2D eigenvalue weighted by atomic mass is 79.9. The predicted octanol–water partition coefficient (Wildman–Crippen LogP) is 4.31. The summed E-state index contributed by atoms with van der Waals surface area (Å²) in [6.07, 6.45) is -10.9. The number of rotatable bonds is 4. The van der Waals surface area contributed by atoms with E-state index in [9.17, 15) is 26.3 Å². The van der Waals surface area contributed by atoms with E-state index in [1.807, 2.05) is 5.43 Å². The first-order valence-electron chi connectivity index (χ1n) is 5.44. The van der Waals surface area contributed by atoms with Crippen molar-refractivity contribution in [2.45, 2.75) is 31.2 Å². The Labute approximate surface area is 119 Å². The molecule has 1 rings (SSSR count). The summed E-state index contributed by atoms with van der Waals surface area (Å²) >= 11 is 2.90. The number of benzene rings is 1. The van der Waals surface area contributed by atoms with Gasteiger partial charge in [0, 0.05) is 16.9 Å². The van der Waals surface area contributed by atoms with E-state index in [-0.39, 0.29) is 10.0 Å². The second kappa shape index (κ2) is 6.31. The van der Waals surface area contributed by atoms with Crippen LogP contribution in [0.25, 0.3) is 0 Å². The smallest absolute Gasteiger partial charge is 0.271 e. The lowest BCUT2D eigenvalue weighted by atomic mass is 9.97. The van der Waals surface area contributed by atoms with Gasteiger partial charge in [-0.2, -0.15) is 26.3 Å². The molecule has 9 heteroatoms. The van der Waals surface area contributed by atoms with Crippen LogP contribution in [0, 0.1) is 0 Å². The number of halogens is 7. The van der Waals surface area contributed by atoms with Crippen molar-refractivity contribution >= 4 is 15.9 Å². The number of nitrogens with two attached hydrogens (primary N) is 1. The summed E-state index contributed by atoms with van der Waals surface area (Å²) in [7, 11) is 0. The quantitative estimate of drug-likeness (QED) is 0.474. The fraction of sp³-hybridized carbons (Fsp3) is 0.455. The highest BCUT2D eigenvalue weighted by Gasteiger charge is 2.36. The van der Waals surface area contributed by atoms with Crippen molar-refractivity contribution in [2.24, 2.45) is 5.84 Å². The minimum atomic E-state index is -4.67. The van der Waals surface area contributed by atoms with Crippen LogP contribution in [0.1, 0.15) is 30.0 Å². The van der Waals surface area contributed by atoms with E-state index < -0.39 is 36.8 Å². The molecule has 0 amide bonds. The summed E-state index contributed by atoms with van der Waals surface area (Å²) in [5, 5.41) is 0. The molecule has 0 saturated carbocycles. The number of hydrazine groups is 1. The van der Waals surface area contributed by atoms with Crippen LogP contribution in [0.15, 0.2) is 22.7 Å². The molecule has 1 aromatic carbocycles. The van der Waals surface area contributed by atoms with Crippen LogP contribution in [0.4, 0.5) is 26.3 Å². The topological polar surface area (TPSA) is 38.0 Å². The van der Waals surface area contributed by atoms with Gasteiger partial charge in [-0.25, -0.2) is 0 Å². The molecule has 0 heterocycles. The highest BCUT2D eigenvalue weighted by molar-refractivity contribution is 9.10. The van der Waals surface area contributed by atoms with Gasteiger partial charge in [-0.1, -0.05) is 22.0 Å². The van der Waals surface area contributed by atoms with Gasteiger partial charge in [-0.3, -0.25) is 11.3 Å². The Morgan fingerprint density at radius 1 is 1.15 bits per heavy atom. The molecule has 0 spiro atoms. The third kappa shape index (κ3) is 4.95. The average molecular weight is 365 g/mol. The van der Waals surface area contributed by atoms with Crippen LogP contribution < -0.4 is 11.3 Å². The molecule has 0 aromatic heterocycles. The van der Waals surface area contributed by atoms with Gasteiger partial charge in [0.25, 0.3) is 0 Å². The third-order valence-electron chi connectivity index (χ3n) is 2.61. The molecular weight excluding hydrogens is 354 g/mol. The predicted molar refractivity (Wildman–Crippen MR) is 64.5 cm³/mol. The second-order valence-corrected chi connectivity index (χ2v) is 5.02. The molecule has 3 N–H and O–H groups in total. The van der Waals surface area contributed by atoms with E-state index in [2.05, 4.69) is 15.9 Å². The maximum Gasteiger partial charge on any atom is 0.416 e. The fourth-order valence-corrected chi connectivity index (χ4v) is 2.08. The molecule has 0 bridgehead atoms. The van der Waals surface area contributed by atoms with Crippen molar-refractivity contribution in [3.8, 4) is 0 Å². The van der Waals surface area contributed by atoms with E-state index in [0.29, 0.717) is 0 Å². The molecule has 0 aliphatic heterocycles. The van der Waals surface area contributed by atoms with Gasteiger partial charge in [0.05, 0.1) is 5.56 Å². The zero-order valence-corrected chi connectivity index (χ0v) is 11.5. The van der Waals surface area contributed by atoms with E-state index >= 15 is 0 Å². The van der Waals surface area contributed by atoms with Crippen LogP contribution in [0.2, 0.25) is 0 Å². The first-order valence-corrected chi connectivity index (χ1v) is 6.23. The van der Waals surface area contributed by atoms with Crippen molar-refractivity contribution in [3.63, 3.8) is 0 Å². The zero-order chi connectivity index (χ0) is 15.6. The summed E-state index contributed by atoms with van der Waals surface area (Å²) in [6, 6.07) is 2.00. The summed E-state index contributed by atoms with van der Waals surface area (Å²) in [5.74, 6) is 5.09. The van der Waals surface area contributed by atoms with Gasteiger partial charge in [-0.05, 0) is 24.1 Å². The van der Waals surface area contributed by atoms with Crippen LogP contribution in [-0.4, -0.2) is 6.18 Å². The number of hydrogen-bond acceptors (Lipinski definition) is 2. The third-order valence-corrected chi connectivity index (χ3v) is 3.11. The maximum absolute atomic E-state index is 12.9. The molecule has 2 nitrogen and oxygen atoms in total. The van der Waals surface area contributed by atoms with Gasteiger partial charge in [0.1, 0.15) is 0 Å². The Balaban J connectivity index is 3.09.